The van der Waals surface area contributed by atoms with E-state index in [9.17, 15) is 17.6 Å². The maximum atomic E-state index is 13.6. The van der Waals surface area contributed by atoms with Gasteiger partial charge in [-0.3, -0.25) is 4.79 Å². The second kappa shape index (κ2) is 8.12. The number of aryl methyl sites for hydroxylation is 1. The van der Waals surface area contributed by atoms with Crippen molar-refractivity contribution in [2.45, 2.75) is 43.0 Å². The first-order valence-corrected chi connectivity index (χ1v) is 11.2. The quantitative estimate of drug-likeness (QED) is 0.605. The van der Waals surface area contributed by atoms with Crippen LogP contribution < -0.4 is 10.3 Å². The highest BCUT2D eigenvalue weighted by molar-refractivity contribution is 7.89. The zero-order chi connectivity index (χ0) is 21.3. The monoisotopic (exact) mass is 427 g/mol. The molecule has 3 aromatic rings. The molecule has 0 saturated heterocycles. The van der Waals surface area contributed by atoms with Crippen LogP contribution in [0.15, 0.2) is 64.3 Å². The van der Waals surface area contributed by atoms with E-state index in [1.807, 2.05) is 30.3 Å². The van der Waals surface area contributed by atoms with E-state index in [0.717, 1.165) is 24.5 Å². The average molecular weight is 428 g/mol. The van der Waals surface area contributed by atoms with Gasteiger partial charge < -0.3 is 4.98 Å². The Kier molecular flexibility index (Phi) is 5.53. The zero-order valence-electron chi connectivity index (χ0n) is 16.4. The molecule has 1 fully saturated rings. The average Bonchev–Trinajstić information content (AvgIpc) is 3.55. The lowest BCUT2D eigenvalue weighted by Gasteiger charge is -2.19. The van der Waals surface area contributed by atoms with Crippen molar-refractivity contribution in [1.29, 1.82) is 0 Å². The molecule has 6 nitrogen and oxygen atoms in total. The van der Waals surface area contributed by atoms with E-state index in [0.29, 0.717) is 11.5 Å². The summed E-state index contributed by atoms with van der Waals surface area (Å²) in [5, 5.41) is 0. The maximum absolute atomic E-state index is 13.6. The van der Waals surface area contributed by atoms with Crippen LogP contribution in [0.25, 0.3) is 0 Å². The summed E-state index contributed by atoms with van der Waals surface area (Å²) in [5.41, 5.74) is 1.27. The fourth-order valence-electron chi connectivity index (χ4n) is 3.34. The van der Waals surface area contributed by atoms with Crippen LogP contribution in [0.2, 0.25) is 0 Å². The predicted octanol–water partition coefficient (Wildman–Crippen LogP) is 3.36. The molecular weight excluding hydrogens is 405 g/mol. The third-order valence-electron chi connectivity index (χ3n) is 5.13. The van der Waals surface area contributed by atoms with Gasteiger partial charge >= 0.3 is 0 Å². The largest absolute Gasteiger partial charge is 0.310 e. The van der Waals surface area contributed by atoms with Crippen LogP contribution in [-0.4, -0.2) is 18.4 Å². The van der Waals surface area contributed by atoms with Crippen LogP contribution in [0, 0.1) is 12.7 Å². The van der Waals surface area contributed by atoms with Crippen molar-refractivity contribution in [3.63, 3.8) is 0 Å². The van der Waals surface area contributed by atoms with Gasteiger partial charge in [-0.15, -0.1) is 0 Å². The van der Waals surface area contributed by atoms with Crippen molar-refractivity contribution in [3.05, 3.63) is 93.4 Å². The molecule has 30 heavy (non-hydrogen) atoms. The molecule has 0 unspecified atom stereocenters. The highest BCUT2D eigenvalue weighted by Gasteiger charge is 2.27. The van der Waals surface area contributed by atoms with Gasteiger partial charge in [-0.1, -0.05) is 30.3 Å². The smallest absolute Gasteiger partial charge is 0.251 e. The Morgan fingerprint density at radius 1 is 1.17 bits per heavy atom. The number of nitrogens with one attached hydrogen (secondary N) is 2. The number of aromatic amines is 1. The molecule has 0 aliphatic heterocycles. The Labute approximate surface area is 174 Å². The van der Waals surface area contributed by atoms with E-state index in [2.05, 4.69) is 14.7 Å². The van der Waals surface area contributed by atoms with Gasteiger partial charge in [0.1, 0.15) is 11.6 Å². The number of nitrogens with zero attached hydrogens (tertiary/aromatic N) is 1. The van der Waals surface area contributed by atoms with Gasteiger partial charge in [0, 0.05) is 24.1 Å². The lowest BCUT2D eigenvalue weighted by Crippen LogP contribution is -2.31. The SMILES string of the molecule is Cc1cc(S(=O)(=O)N[C@@H](Cc2cc(=O)[nH]c(C3CC3)n2)c2ccccc2)ccc1F. The highest BCUT2D eigenvalue weighted by Crippen LogP contribution is 2.37. The molecule has 0 amide bonds. The van der Waals surface area contributed by atoms with Gasteiger partial charge in [0.2, 0.25) is 10.0 Å². The second-order valence-electron chi connectivity index (χ2n) is 7.60. The Morgan fingerprint density at radius 2 is 1.90 bits per heavy atom. The molecule has 1 aromatic heterocycles. The topological polar surface area (TPSA) is 91.9 Å². The van der Waals surface area contributed by atoms with Gasteiger partial charge in [-0.25, -0.2) is 22.5 Å². The number of halogens is 1. The molecule has 2 aromatic carbocycles. The normalized spacial score (nSPS) is 15.1. The van der Waals surface area contributed by atoms with Crippen molar-refractivity contribution < 1.29 is 12.8 Å². The Morgan fingerprint density at radius 3 is 2.57 bits per heavy atom. The van der Waals surface area contributed by atoms with Gasteiger partial charge in [-0.05, 0) is 49.1 Å². The first-order chi connectivity index (χ1) is 14.3. The molecule has 0 bridgehead atoms. The summed E-state index contributed by atoms with van der Waals surface area (Å²) in [6.45, 7) is 1.52. The summed E-state index contributed by atoms with van der Waals surface area (Å²) >= 11 is 0. The van der Waals surface area contributed by atoms with Crippen molar-refractivity contribution in [3.8, 4) is 0 Å². The molecule has 156 valence electrons. The zero-order valence-corrected chi connectivity index (χ0v) is 17.2. The Bertz CT molecular complexity index is 1220. The molecule has 8 heteroatoms. The molecule has 4 rings (SSSR count). The third-order valence-corrected chi connectivity index (χ3v) is 6.60. The minimum absolute atomic E-state index is 0.0140. The summed E-state index contributed by atoms with van der Waals surface area (Å²) in [4.78, 5) is 19.4. The molecule has 2 N–H and O–H groups in total. The van der Waals surface area contributed by atoms with E-state index in [1.165, 1.54) is 25.1 Å². The van der Waals surface area contributed by atoms with Crippen LogP contribution in [0.3, 0.4) is 0 Å². The number of hydrogen-bond donors (Lipinski definition) is 2. The Hall–Kier alpha value is -2.84. The fraction of sp³-hybridized carbons (Fsp3) is 0.273. The van der Waals surface area contributed by atoms with E-state index in [-0.39, 0.29) is 28.4 Å². The first-order valence-electron chi connectivity index (χ1n) is 9.75. The van der Waals surface area contributed by atoms with Crippen LogP contribution in [0.1, 0.15) is 47.4 Å². The summed E-state index contributed by atoms with van der Waals surface area (Å²) < 4.78 is 42.3. The predicted molar refractivity (Wildman–Crippen MR) is 111 cm³/mol. The number of hydrogen-bond acceptors (Lipinski definition) is 4. The maximum Gasteiger partial charge on any atom is 0.251 e. The molecule has 0 radical (unpaired) electrons. The summed E-state index contributed by atoms with van der Waals surface area (Å²) in [6, 6.07) is 13.6. The lowest BCUT2D eigenvalue weighted by atomic mass is 10.0. The number of rotatable bonds is 7. The summed E-state index contributed by atoms with van der Waals surface area (Å²) in [5.74, 6) is 0.460. The molecule has 1 heterocycles. The van der Waals surface area contributed by atoms with Crippen LogP contribution in [0.4, 0.5) is 4.39 Å². The van der Waals surface area contributed by atoms with Crippen molar-refractivity contribution >= 4 is 10.0 Å². The molecule has 1 saturated carbocycles. The number of benzene rings is 2. The van der Waals surface area contributed by atoms with Crippen LogP contribution >= 0.6 is 0 Å². The van der Waals surface area contributed by atoms with E-state index < -0.39 is 21.9 Å². The van der Waals surface area contributed by atoms with Crippen molar-refractivity contribution in [2.75, 3.05) is 0 Å². The summed E-state index contributed by atoms with van der Waals surface area (Å²) in [6.07, 6.45) is 2.20. The Balaban J connectivity index is 1.67. The van der Waals surface area contributed by atoms with Crippen molar-refractivity contribution in [2.24, 2.45) is 0 Å². The second-order valence-corrected chi connectivity index (χ2v) is 9.31. The highest BCUT2D eigenvalue weighted by atomic mass is 32.2. The van der Waals surface area contributed by atoms with E-state index in [4.69, 9.17) is 0 Å². The van der Waals surface area contributed by atoms with Gasteiger partial charge in [-0.2, -0.15) is 0 Å². The number of aromatic nitrogens is 2. The summed E-state index contributed by atoms with van der Waals surface area (Å²) in [7, 11) is -3.92. The minimum Gasteiger partial charge on any atom is -0.310 e. The van der Waals surface area contributed by atoms with Gasteiger partial charge in [0.15, 0.2) is 0 Å². The standard InChI is InChI=1S/C22H22FN3O3S/c1-14-11-18(9-10-19(14)23)30(28,29)26-20(15-5-3-2-4-6-15)12-17-13-21(27)25-22(24-17)16-7-8-16/h2-6,9-11,13,16,20,26H,7-8,12H2,1H3,(H,24,25,27)/t20-/m0/s1. The molecule has 0 spiro atoms. The van der Waals surface area contributed by atoms with Gasteiger partial charge in [0.25, 0.3) is 5.56 Å². The third kappa shape index (κ3) is 4.66. The fourth-order valence-corrected chi connectivity index (χ4v) is 4.65. The van der Waals surface area contributed by atoms with E-state index in [1.54, 1.807) is 0 Å². The van der Waals surface area contributed by atoms with E-state index >= 15 is 0 Å². The van der Waals surface area contributed by atoms with Crippen LogP contribution in [-0.2, 0) is 16.4 Å². The number of H-pyrrole nitrogens is 1. The van der Waals surface area contributed by atoms with Crippen LogP contribution in [0.5, 0.6) is 0 Å². The lowest BCUT2D eigenvalue weighted by molar-refractivity contribution is 0.551. The minimum atomic E-state index is -3.92. The molecule has 1 aliphatic carbocycles. The molecule has 1 atom stereocenters. The number of sulfonamides is 1. The van der Waals surface area contributed by atoms with Gasteiger partial charge in [0.05, 0.1) is 10.9 Å². The molecule has 1 aliphatic rings. The molecular formula is C22H22FN3O3S. The van der Waals surface area contributed by atoms with Crippen molar-refractivity contribution in [1.82, 2.24) is 14.7 Å². The first kappa shape index (κ1) is 20.4.